The Morgan fingerprint density at radius 3 is 2.33 bits per heavy atom. The zero-order valence-electron chi connectivity index (χ0n) is 13.7. The fourth-order valence-electron chi connectivity index (χ4n) is 2.31. The fraction of sp³-hybridized carbons (Fsp3) is 0.263. The zero-order valence-corrected chi connectivity index (χ0v) is 13.7. The lowest BCUT2D eigenvalue weighted by molar-refractivity contribution is -0.358. The highest BCUT2D eigenvalue weighted by Gasteiger charge is 2.31. The third kappa shape index (κ3) is 3.56. The smallest absolute Gasteiger partial charge is 0.328 e. The van der Waals surface area contributed by atoms with Gasteiger partial charge in [0.15, 0.2) is 0 Å². The van der Waals surface area contributed by atoms with Gasteiger partial charge >= 0.3 is 12.3 Å². The van der Waals surface area contributed by atoms with Crippen LogP contribution in [0.25, 0.3) is 0 Å². The number of amides is 1. The predicted octanol–water partition coefficient (Wildman–Crippen LogP) is 2.95. The molecule has 0 N–H and O–H groups in total. The molecule has 1 unspecified atom stereocenters. The van der Waals surface area contributed by atoms with Crippen molar-refractivity contribution in [3.05, 3.63) is 54.1 Å². The van der Waals surface area contributed by atoms with Crippen LogP contribution in [0.2, 0.25) is 0 Å². The fourth-order valence-corrected chi connectivity index (χ4v) is 2.31. The molecule has 5 nitrogen and oxygen atoms in total. The van der Waals surface area contributed by atoms with E-state index in [2.05, 4.69) is 6.40 Å². The molecular formula is C19H19NO4. The molecule has 0 aromatic heterocycles. The quantitative estimate of drug-likeness (QED) is 0.605. The molecule has 2 aromatic rings. The number of rotatable bonds is 6. The number of hydrogen-bond donors (Lipinski definition) is 0. The van der Waals surface area contributed by atoms with E-state index in [1.165, 1.54) is 4.58 Å². The highest BCUT2D eigenvalue weighted by atomic mass is 16.5. The third-order valence-electron chi connectivity index (χ3n) is 3.61. The van der Waals surface area contributed by atoms with Crippen molar-refractivity contribution in [1.29, 1.82) is 0 Å². The summed E-state index contributed by atoms with van der Waals surface area (Å²) in [6, 6.07) is 14.9. The van der Waals surface area contributed by atoms with Crippen LogP contribution < -0.4 is 9.47 Å². The second kappa shape index (κ2) is 7.17. The van der Waals surface area contributed by atoms with Crippen molar-refractivity contribution in [2.75, 3.05) is 13.2 Å². The Morgan fingerprint density at radius 2 is 1.67 bits per heavy atom. The maximum atomic E-state index is 12.4. The van der Waals surface area contributed by atoms with Gasteiger partial charge in [-0.2, -0.15) is 0 Å². The minimum atomic E-state index is -0.696. The third-order valence-corrected chi connectivity index (χ3v) is 3.61. The molecule has 1 aliphatic heterocycles. The van der Waals surface area contributed by atoms with E-state index in [0.29, 0.717) is 18.0 Å². The van der Waals surface area contributed by atoms with Crippen LogP contribution in [0, 0.1) is 6.92 Å². The summed E-state index contributed by atoms with van der Waals surface area (Å²) >= 11 is 0. The summed E-state index contributed by atoms with van der Waals surface area (Å²) in [5.74, 6) is 1.26. The highest BCUT2D eigenvalue weighted by molar-refractivity contribution is 5.82. The van der Waals surface area contributed by atoms with E-state index in [9.17, 15) is 4.79 Å². The molecule has 1 atom stereocenters. The SMILES string of the molecule is CCOc1ccc([N+]2=[C-]OC(COc3ccc(C)cc3)C2=O)cc1. The largest absolute Gasteiger partial charge is 0.494 e. The van der Waals surface area contributed by atoms with E-state index < -0.39 is 6.10 Å². The van der Waals surface area contributed by atoms with E-state index in [1.54, 1.807) is 12.1 Å². The van der Waals surface area contributed by atoms with E-state index in [-0.39, 0.29) is 12.5 Å². The number of benzene rings is 2. The van der Waals surface area contributed by atoms with Crippen molar-refractivity contribution in [2.45, 2.75) is 20.0 Å². The van der Waals surface area contributed by atoms with Crippen molar-refractivity contribution in [1.82, 2.24) is 0 Å². The van der Waals surface area contributed by atoms with Gasteiger partial charge in [-0.1, -0.05) is 17.7 Å². The summed E-state index contributed by atoms with van der Waals surface area (Å²) in [6.45, 7) is 4.67. The maximum Gasteiger partial charge on any atom is 0.328 e. The van der Waals surface area contributed by atoms with E-state index >= 15 is 0 Å². The van der Waals surface area contributed by atoms with E-state index in [1.807, 2.05) is 50.2 Å². The molecule has 0 aliphatic carbocycles. The summed E-state index contributed by atoms with van der Waals surface area (Å²) in [4.78, 5) is 12.4. The van der Waals surface area contributed by atoms with Crippen molar-refractivity contribution in [3.8, 4) is 11.5 Å². The van der Waals surface area contributed by atoms with E-state index in [0.717, 1.165) is 11.3 Å². The van der Waals surface area contributed by atoms with Gasteiger partial charge in [0.2, 0.25) is 6.10 Å². The summed E-state index contributed by atoms with van der Waals surface area (Å²) in [7, 11) is 0. The standard InChI is InChI=1S/C19H19NO4/c1-3-22-16-10-6-15(7-11-16)20-13-24-18(19(20)21)12-23-17-8-4-14(2)5-9-17/h4-11,18H,3,12H2,1-2H3. The molecule has 1 heterocycles. The molecule has 0 bridgehead atoms. The van der Waals surface area contributed by atoms with Gasteiger partial charge < -0.3 is 14.2 Å². The monoisotopic (exact) mass is 325 g/mol. The van der Waals surface area contributed by atoms with Gasteiger partial charge in [0.1, 0.15) is 23.8 Å². The Morgan fingerprint density at radius 1 is 1.04 bits per heavy atom. The van der Waals surface area contributed by atoms with Crippen molar-refractivity contribution in [3.63, 3.8) is 0 Å². The normalized spacial score (nSPS) is 16.5. The molecule has 0 spiro atoms. The molecular weight excluding hydrogens is 306 g/mol. The highest BCUT2D eigenvalue weighted by Crippen LogP contribution is 2.21. The Hall–Kier alpha value is -2.82. The second-order valence-corrected chi connectivity index (χ2v) is 5.42. The van der Waals surface area contributed by atoms with Crippen molar-refractivity contribution >= 4 is 18.0 Å². The maximum absolute atomic E-state index is 12.4. The first-order valence-corrected chi connectivity index (χ1v) is 7.85. The molecule has 0 fully saturated rings. The van der Waals surface area contributed by atoms with Crippen molar-refractivity contribution < 1.29 is 23.6 Å². The van der Waals surface area contributed by atoms with Crippen LogP contribution in [0.3, 0.4) is 0 Å². The summed E-state index contributed by atoms with van der Waals surface area (Å²) in [5.41, 5.74) is 1.83. The molecule has 2 aromatic carbocycles. The molecule has 1 aliphatic rings. The Balaban J connectivity index is 1.60. The average molecular weight is 325 g/mol. The minimum Gasteiger partial charge on any atom is -0.494 e. The minimum absolute atomic E-state index is 0.141. The predicted molar refractivity (Wildman–Crippen MR) is 89.1 cm³/mol. The van der Waals surface area contributed by atoms with Gasteiger partial charge in [0, 0.05) is 0 Å². The first kappa shape index (κ1) is 16.1. The molecule has 5 heteroatoms. The summed E-state index contributed by atoms with van der Waals surface area (Å²) in [6.07, 6.45) is 1.94. The lowest BCUT2D eigenvalue weighted by atomic mass is 10.2. The lowest BCUT2D eigenvalue weighted by Crippen LogP contribution is -2.29. The Labute approximate surface area is 141 Å². The molecule has 0 radical (unpaired) electrons. The second-order valence-electron chi connectivity index (χ2n) is 5.42. The summed E-state index contributed by atoms with van der Waals surface area (Å²) < 4.78 is 17.7. The number of carbonyl (C=O) groups is 1. The average Bonchev–Trinajstić information content (AvgIpc) is 2.96. The van der Waals surface area contributed by atoms with Gasteiger partial charge in [-0.25, -0.2) is 0 Å². The van der Waals surface area contributed by atoms with Crippen LogP contribution >= 0.6 is 0 Å². The number of carbonyl (C=O) groups excluding carboxylic acids is 1. The topological polar surface area (TPSA) is 47.8 Å². The van der Waals surface area contributed by atoms with Gasteiger partial charge in [-0.05, 0) is 50.2 Å². The first-order valence-electron chi connectivity index (χ1n) is 7.85. The number of hydrogen-bond acceptors (Lipinski definition) is 4. The number of aryl methyl sites for hydroxylation is 1. The van der Waals surface area contributed by atoms with Gasteiger partial charge in [-0.3, -0.25) is 9.37 Å². The first-order chi connectivity index (χ1) is 11.7. The van der Waals surface area contributed by atoms with Crippen LogP contribution in [-0.4, -0.2) is 36.2 Å². The van der Waals surface area contributed by atoms with Crippen LogP contribution in [0.15, 0.2) is 48.5 Å². The van der Waals surface area contributed by atoms with Crippen LogP contribution in [0.5, 0.6) is 11.5 Å². The molecule has 24 heavy (non-hydrogen) atoms. The van der Waals surface area contributed by atoms with Gasteiger partial charge in [-0.15, -0.1) is 0 Å². The molecule has 0 saturated carbocycles. The molecule has 124 valence electrons. The lowest BCUT2D eigenvalue weighted by Gasteiger charge is -2.11. The van der Waals surface area contributed by atoms with Crippen LogP contribution in [0.4, 0.5) is 5.69 Å². The van der Waals surface area contributed by atoms with Crippen molar-refractivity contribution in [2.24, 2.45) is 0 Å². The molecule has 0 saturated heterocycles. The van der Waals surface area contributed by atoms with Crippen LogP contribution in [-0.2, 0) is 9.53 Å². The number of ether oxygens (including phenoxy) is 3. The Bertz CT molecular complexity index is 735. The van der Waals surface area contributed by atoms with Gasteiger partial charge in [0.25, 0.3) is 0 Å². The zero-order chi connectivity index (χ0) is 16.9. The molecule has 1 amide bonds. The number of nitrogens with zero attached hydrogens (tertiary/aromatic N) is 1. The summed E-state index contributed by atoms with van der Waals surface area (Å²) in [5, 5.41) is 0. The van der Waals surface area contributed by atoms with Crippen LogP contribution in [0.1, 0.15) is 12.5 Å². The van der Waals surface area contributed by atoms with Gasteiger partial charge in [0.05, 0.1) is 6.61 Å². The van der Waals surface area contributed by atoms with E-state index in [4.69, 9.17) is 14.2 Å². The Kier molecular flexibility index (Phi) is 4.79. The molecule has 3 rings (SSSR count).